The van der Waals surface area contributed by atoms with E-state index in [1.165, 1.54) is 19.3 Å². The molecular formula is C40H41N3O8. The smallest absolute Gasteiger partial charge is 0.407 e. The number of esters is 1. The van der Waals surface area contributed by atoms with Crippen molar-refractivity contribution >= 4 is 45.4 Å². The number of methoxy groups -OCH3 is 1. The van der Waals surface area contributed by atoms with Gasteiger partial charge in [0.25, 0.3) is 11.8 Å². The first-order valence-corrected chi connectivity index (χ1v) is 16.6. The lowest BCUT2D eigenvalue weighted by atomic mass is 9.92. The maximum atomic E-state index is 13.5. The van der Waals surface area contributed by atoms with Gasteiger partial charge in [0, 0.05) is 17.7 Å². The van der Waals surface area contributed by atoms with Crippen LogP contribution in [0.2, 0.25) is 0 Å². The molecule has 4 aromatic rings. The summed E-state index contributed by atoms with van der Waals surface area (Å²) in [6.07, 6.45) is 6.34. The van der Waals surface area contributed by atoms with Gasteiger partial charge in [0.05, 0.1) is 7.11 Å². The summed E-state index contributed by atoms with van der Waals surface area (Å²) in [5.74, 6) is -1.11. The molecule has 1 aliphatic rings. The Hall–Kier alpha value is -6.10. The number of unbranched alkanes of at least 4 members (excludes halogenated alkanes) is 1. The zero-order chi connectivity index (χ0) is 36.4. The first-order valence-electron chi connectivity index (χ1n) is 16.6. The molecule has 0 aromatic heterocycles. The highest BCUT2D eigenvalue weighted by atomic mass is 16.6. The fourth-order valence-corrected chi connectivity index (χ4v) is 5.46. The number of carbonyl (C=O) groups excluding carboxylic acids is 4. The molecule has 3 amide bonds. The van der Waals surface area contributed by atoms with Crippen LogP contribution in [0.1, 0.15) is 33.6 Å². The van der Waals surface area contributed by atoms with Gasteiger partial charge in [0.15, 0.2) is 6.61 Å². The number of fused-ring (bicyclic) bond motifs is 7. The molecule has 11 heteroatoms. The number of benzene rings is 4. The predicted octanol–water partition coefficient (Wildman–Crippen LogP) is 6.47. The van der Waals surface area contributed by atoms with E-state index in [4.69, 9.17) is 18.9 Å². The molecular weight excluding hydrogens is 650 g/mol. The third kappa shape index (κ3) is 9.54. The van der Waals surface area contributed by atoms with Gasteiger partial charge in [0.1, 0.15) is 35.1 Å². The van der Waals surface area contributed by atoms with Crippen LogP contribution in [0, 0.1) is 0 Å². The van der Waals surface area contributed by atoms with Gasteiger partial charge in [-0.3, -0.25) is 9.59 Å². The highest BCUT2D eigenvalue weighted by Crippen LogP contribution is 2.45. The second-order valence-corrected chi connectivity index (χ2v) is 12.6. The van der Waals surface area contributed by atoms with E-state index in [-0.39, 0.29) is 24.5 Å². The van der Waals surface area contributed by atoms with E-state index in [0.717, 1.165) is 32.7 Å². The SMILES string of the molecule is COC(=O)/C1=C/C=C/COc2ccc3ccccc3c2-c2c(ccc3ccccc23)OCC(=O)N/C(=C\CCCNC(=O)OC(C)(C)C)C(=O)N1. The Labute approximate surface area is 296 Å². The summed E-state index contributed by atoms with van der Waals surface area (Å²) in [4.78, 5) is 51.5. The third-order valence-electron chi connectivity index (χ3n) is 7.69. The van der Waals surface area contributed by atoms with Crippen LogP contribution in [-0.4, -0.2) is 56.3 Å². The minimum Gasteiger partial charge on any atom is -0.489 e. The van der Waals surface area contributed by atoms with Crippen molar-refractivity contribution in [3.63, 3.8) is 0 Å². The summed E-state index contributed by atoms with van der Waals surface area (Å²) in [5, 5.41) is 11.6. The number of ether oxygens (including phenoxy) is 4. The largest absolute Gasteiger partial charge is 0.489 e. The van der Waals surface area contributed by atoms with Gasteiger partial charge in [-0.1, -0.05) is 72.8 Å². The normalized spacial score (nSPS) is 16.5. The summed E-state index contributed by atoms with van der Waals surface area (Å²) in [7, 11) is 1.20. The minimum atomic E-state index is -0.790. The van der Waals surface area contributed by atoms with Crippen LogP contribution in [0.25, 0.3) is 32.7 Å². The van der Waals surface area contributed by atoms with Gasteiger partial charge in [-0.2, -0.15) is 0 Å². The van der Waals surface area contributed by atoms with Crippen LogP contribution in [0.15, 0.2) is 108 Å². The van der Waals surface area contributed by atoms with Gasteiger partial charge >= 0.3 is 12.1 Å². The van der Waals surface area contributed by atoms with Gasteiger partial charge in [0.2, 0.25) is 0 Å². The molecule has 0 atom stereocenters. The molecule has 11 nitrogen and oxygen atoms in total. The van der Waals surface area contributed by atoms with E-state index in [1.54, 1.807) is 32.9 Å². The number of hydrogen-bond donors (Lipinski definition) is 3. The fraction of sp³-hybridized carbons (Fsp3) is 0.250. The molecule has 0 saturated carbocycles. The highest BCUT2D eigenvalue weighted by molar-refractivity contribution is 6.10. The summed E-state index contributed by atoms with van der Waals surface area (Å²) in [5.41, 5.74) is 0.636. The molecule has 1 heterocycles. The van der Waals surface area contributed by atoms with Crippen molar-refractivity contribution in [2.45, 2.75) is 39.2 Å². The molecule has 0 radical (unpaired) electrons. The van der Waals surface area contributed by atoms with E-state index in [0.29, 0.717) is 24.3 Å². The number of nitrogens with one attached hydrogen (secondary N) is 3. The van der Waals surface area contributed by atoms with Crippen LogP contribution in [0.3, 0.4) is 0 Å². The fourth-order valence-electron chi connectivity index (χ4n) is 5.46. The van der Waals surface area contributed by atoms with Crippen LogP contribution in [-0.2, 0) is 23.9 Å². The van der Waals surface area contributed by atoms with Crippen LogP contribution < -0.4 is 25.4 Å². The second-order valence-electron chi connectivity index (χ2n) is 12.6. The summed E-state index contributed by atoms with van der Waals surface area (Å²) in [6, 6.07) is 23.5. The lowest BCUT2D eigenvalue weighted by Gasteiger charge is -2.19. The predicted molar refractivity (Wildman–Crippen MR) is 195 cm³/mol. The Morgan fingerprint density at radius 2 is 1.49 bits per heavy atom. The van der Waals surface area contributed by atoms with Crippen molar-refractivity contribution in [3.8, 4) is 22.6 Å². The standard InChI is InChI=1S/C40H41N3O8/c1-40(2,3)51-39(47)41-23-11-9-17-30-37(45)43-31(38(46)48-4)18-10-12-24-49-32-21-19-26-13-5-7-15-28(26)35(32)36-29-16-8-6-14-27(29)20-22-33(36)50-25-34(44)42-30/h5-8,10,12-22H,9,11,23-25H2,1-4H3,(H,41,47)(H,42,44)(H,43,45)/b12-10+,30-17-,31-18-. The van der Waals surface area contributed by atoms with Crippen LogP contribution in [0.4, 0.5) is 4.79 Å². The van der Waals surface area contributed by atoms with Crippen molar-refractivity contribution in [1.29, 1.82) is 0 Å². The van der Waals surface area contributed by atoms with Crippen molar-refractivity contribution in [2.24, 2.45) is 0 Å². The average molecular weight is 692 g/mol. The zero-order valence-corrected chi connectivity index (χ0v) is 29.0. The molecule has 51 heavy (non-hydrogen) atoms. The Morgan fingerprint density at radius 3 is 2.12 bits per heavy atom. The minimum absolute atomic E-state index is 0.109. The van der Waals surface area contributed by atoms with E-state index in [9.17, 15) is 19.2 Å². The Morgan fingerprint density at radius 1 is 0.863 bits per heavy atom. The van der Waals surface area contributed by atoms with Gasteiger partial charge in [-0.15, -0.1) is 0 Å². The number of allylic oxidation sites excluding steroid dienone is 3. The molecule has 264 valence electrons. The Balaban J connectivity index is 1.51. The third-order valence-corrected chi connectivity index (χ3v) is 7.69. The lowest BCUT2D eigenvalue weighted by Crippen LogP contribution is -2.38. The van der Waals surface area contributed by atoms with Gasteiger partial charge in [-0.05, 0) is 79.4 Å². The van der Waals surface area contributed by atoms with Crippen LogP contribution in [0.5, 0.6) is 11.5 Å². The van der Waals surface area contributed by atoms with Crippen molar-refractivity contribution in [3.05, 3.63) is 108 Å². The zero-order valence-electron chi connectivity index (χ0n) is 29.0. The first-order chi connectivity index (χ1) is 24.5. The number of alkyl carbamates (subject to hydrolysis) is 1. The van der Waals surface area contributed by atoms with Crippen molar-refractivity contribution < 1.29 is 38.1 Å². The highest BCUT2D eigenvalue weighted by Gasteiger charge is 2.22. The molecule has 0 aliphatic carbocycles. The summed E-state index contributed by atoms with van der Waals surface area (Å²) < 4.78 is 22.7. The average Bonchev–Trinajstić information content (AvgIpc) is 3.11. The molecule has 0 spiro atoms. The molecule has 0 unspecified atom stereocenters. The molecule has 4 aromatic carbocycles. The number of hydrogen-bond acceptors (Lipinski definition) is 8. The quantitative estimate of drug-likeness (QED) is 0.123. The second kappa shape index (κ2) is 16.5. The summed E-state index contributed by atoms with van der Waals surface area (Å²) >= 11 is 0. The maximum absolute atomic E-state index is 13.5. The number of amides is 3. The lowest BCUT2D eigenvalue weighted by molar-refractivity contribution is -0.137. The van der Waals surface area contributed by atoms with E-state index in [1.807, 2.05) is 72.8 Å². The van der Waals surface area contributed by atoms with Crippen LogP contribution >= 0.6 is 0 Å². The van der Waals surface area contributed by atoms with Gasteiger partial charge < -0.3 is 34.9 Å². The van der Waals surface area contributed by atoms with Crippen molar-refractivity contribution in [1.82, 2.24) is 16.0 Å². The number of rotatable bonds is 5. The number of carbonyl (C=O) groups is 4. The first kappa shape index (κ1) is 36.2. The molecule has 0 saturated heterocycles. The molecule has 0 fully saturated rings. The van der Waals surface area contributed by atoms with Gasteiger partial charge in [-0.25, -0.2) is 9.59 Å². The molecule has 0 bridgehead atoms. The Bertz CT molecular complexity index is 2040. The van der Waals surface area contributed by atoms with E-state index in [2.05, 4.69) is 16.0 Å². The monoisotopic (exact) mass is 691 g/mol. The molecule has 5 rings (SSSR count). The molecule has 1 aliphatic heterocycles. The maximum Gasteiger partial charge on any atom is 0.407 e. The van der Waals surface area contributed by atoms with E-state index < -0.39 is 36.1 Å². The Kier molecular flexibility index (Phi) is 11.7. The molecule has 3 N–H and O–H groups in total. The topological polar surface area (TPSA) is 141 Å². The van der Waals surface area contributed by atoms with E-state index >= 15 is 0 Å². The summed E-state index contributed by atoms with van der Waals surface area (Å²) in [6.45, 7) is 5.26. The van der Waals surface area contributed by atoms with Crippen molar-refractivity contribution in [2.75, 3.05) is 26.9 Å².